The SMILES string of the molecule is C=C/C(=C\CC)C(C)N(C)C(=O)Nc1ccc(S(=O)(=O)Cc2ccc3c(c2)CNC3)cc1OC. The molecule has 182 valence electrons. The molecule has 0 fully saturated rings. The molecule has 0 saturated heterocycles. The van der Waals surface area contributed by atoms with Crippen molar-refractivity contribution in [3.8, 4) is 5.75 Å². The molecule has 2 amide bonds. The number of hydrogen-bond donors (Lipinski definition) is 2. The van der Waals surface area contributed by atoms with E-state index < -0.39 is 9.84 Å². The number of hydrogen-bond acceptors (Lipinski definition) is 5. The van der Waals surface area contributed by atoms with Gasteiger partial charge in [0.05, 0.1) is 29.5 Å². The minimum atomic E-state index is -3.60. The van der Waals surface area contributed by atoms with Crippen molar-refractivity contribution in [2.75, 3.05) is 19.5 Å². The summed E-state index contributed by atoms with van der Waals surface area (Å²) in [4.78, 5) is 14.5. The van der Waals surface area contributed by atoms with Crippen LogP contribution in [0.15, 0.2) is 65.6 Å². The summed E-state index contributed by atoms with van der Waals surface area (Å²) in [5, 5.41) is 6.08. The van der Waals surface area contributed by atoms with Gasteiger partial charge in [-0.2, -0.15) is 0 Å². The number of benzene rings is 2. The number of amides is 2. The van der Waals surface area contributed by atoms with Gasteiger partial charge in [-0.15, -0.1) is 0 Å². The molecule has 1 unspecified atom stereocenters. The monoisotopic (exact) mass is 483 g/mol. The number of rotatable bonds is 9. The fourth-order valence-corrected chi connectivity index (χ4v) is 5.32. The summed E-state index contributed by atoms with van der Waals surface area (Å²) in [5.41, 5.74) is 4.43. The van der Waals surface area contributed by atoms with Gasteiger partial charge in [-0.1, -0.05) is 43.9 Å². The van der Waals surface area contributed by atoms with Gasteiger partial charge in [0, 0.05) is 26.2 Å². The van der Waals surface area contributed by atoms with Crippen molar-refractivity contribution in [3.63, 3.8) is 0 Å². The molecule has 0 radical (unpaired) electrons. The standard InChI is InChI=1S/C26H33N3O4S/c1-6-8-20(7-2)18(3)29(4)26(30)28-24-12-11-23(14-25(24)33-5)34(31,32)17-19-9-10-21-15-27-16-22(21)13-19/h7-14,18,27H,2,6,15-17H2,1,3-5H3,(H,28,30)/b20-8+. The van der Waals surface area contributed by atoms with Crippen LogP contribution >= 0.6 is 0 Å². The number of carbonyl (C=O) groups excluding carboxylic acids is 1. The molecule has 0 saturated carbocycles. The lowest BCUT2D eigenvalue weighted by molar-refractivity contribution is 0.214. The molecule has 2 aromatic rings. The molecule has 3 rings (SSSR count). The molecule has 1 aliphatic rings. The zero-order valence-electron chi connectivity index (χ0n) is 20.2. The highest BCUT2D eigenvalue weighted by molar-refractivity contribution is 7.90. The zero-order chi connectivity index (χ0) is 24.9. The predicted molar refractivity (Wildman–Crippen MR) is 136 cm³/mol. The molecule has 8 heteroatoms. The Balaban J connectivity index is 1.77. The first-order valence-corrected chi connectivity index (χ1v) is 12.9. The van der Waals surface area contributed by atoms with E-state index in [2.05, 4.69) is 17.2 Å². The van der Waals surface area contributed by atoms with Crippen LogP contribution in [-0.2, 0) is 28.7 Å². The topological polar surface area (TPSA) is 87.7 Å². The van der Waals surface area contributed by atoms with Crippen LogP contribution in [0.2, 0.25) is 0 Å². The summed E-state index contributed by atoms with van der Waals surface area (Å²) in [6.07, 6.45) is 4.61. The van der Waals surface area contributed by atoms with Crippen molar-refractivity contribution in [2.45, 2.75) is 50.0 Å². The van der Waals surface area contributed by atoms with E-state index in [4.69, 9.17) is 4.74 Å². The van der Waals surface area contributed by atoms with E-state index in [0.29, 0.717) is 5.69 Å². The summed E-state index contributed by atoms with van der Waals surface area (Å²) >= 11 is 0. The van der Waals surface area contributed by atoms with Gasteiger partial charge in [-0.25, -0.2) is 13.2 Å². The van der Waals surface area contributed by atoms with E-state index >= 15 is 0 Å². The first kappa shape index (κ1) is 25.5. The summed E-state index contributed by atoms with van der Waals surface area (Å²) in [7, 11) is -0.457. The van der Waals surface area contributed by atoms with Gasteiger partial charge in [0.1, 0.15) is 5.75 Å². The van der Waals surface area contributed by atoms with E-state index in [1.165, 1.54) is 24.8 Å². The molecular formula is C26H33N3O4S. The normalized spacial score (nSPS) is 14.3. The lowest BCUT2D eigenvalue weighted by atomic mass is 10.1. The van der Waals surface area contributed by atoms with Gasteiger partial charge in [-0.05, 0) is 47.7 Å². The van der Waals surface area contributed by atoms with E-state index in [-0.39, 0.29) is 28.5 Å². The fourth-order valence-electron chi connectivity index (χ4n) is 3.97. The Morgan fingerprint density at radius 1 is 1.24 bits per heavy atom. The molecule has 0 aliphatic carbocycles. The number of ether oxygens (including phenoxy) is 1. The lowest BCUT2D eigenvalue weighted by Crippen LogP contribution is -2.39. The number of anilines is 1. The average Bonchev–Trinajstić information content (AvgIpc) is 3.29. The maximum atomic E-state index is 13.1. The third-order valence-electron chi connectivity index (χ3n) is 6.09. The zero-order valence-corrected chi connectivity index (χ0v) is 21.0. The number of nitrogens with zero attached hydrogens (tertiary/aromatic N) is 1. The lowest BCUT2D eigenvalue weighted by Gasteiger charge is -2.26. The minimum absolute atomic E-state index is 0.108. The number of likely N-dealkylation sites (N-methyl/N-ethyl adjacent to an activating group) is 1. The maximum absolute atomic E-state index is 13.1. The van der Waals surface area contributed by atoms with Crippen LogP contribution in [0.1, 0.15) is 37.0 Å². The first-order valence-electron chi connectivity index (χ1n) is 11.3. The molecule has 1 aliphatic heterocycles. The fraction of sp³-hybridized carbons (Fsp3) is 0.346. The second-order valence-corrected chi connectivity index (χ2v) is 10.4. The van der Waals surface area contributed by atoms with Crippen LogP contribution in [0.25, 0.3) is 0 Å². The maximum Gasteiger partial charge on any atom is 0.322 e. The van der Waals surface area contributed by atoms with Crippen LogP contribution in [0.4, 0.5) is 10.5 Å². The Morgan fingerprint density at radius 3 is 2.65 bits per heavy atom. The van der Waals surface area contributed by atoms with Crippen molar-refractivity contribution in [2.24, 2.45) is 0 Å². The highest BCUT2D eigenvalue weighted by Crippen LogP contribution is 2.30. The number of fused-ring (bicyclic) bond motifs is 1. The van der Waals surface area contributed by atoms with Crippen LogP contribution in [0, 0.1) is 0 Å². The van der Waals surface area contributed by atoms with Crippen molar-refractivity contribution in [1.29, 1.82) is 0 Å². The van der Waals surface area contributed by atoms with Crippen molar-refractivity contribution < 1.29 is 17.9 Å². The Labute approximate surface area is 202 Å². The molecule has 1 heterocycles. The summed E-state index contributed by atoms with van der Waals surface area (Å²) in [6.45, 7) is 9.34. The van der Waals surface area contributed by atoms with Crippen molar-refractivity contribution in [1.82, 2.24) is 10.2 Å². The number of sulfone groups is 1. The Kier molecular flexibility index (Phi) is 8.17. The second-order valence-electron chi connectivity index (χ2n) is 8.36. The minimum Gasteiger partial charge on any atom is -0.495 e. The summed E-state index contributed by atoms with van der Waals surface area (Å²) in [6, 6.07) is 9.78. The molecule has 1 atom stereocenters. The third kappa shape index (κ3) is 5.69. The molecule has 2 N–H and O–H groups in total. The van der Waals surface area contributed by atoms with E-state index in [0.717, 1.165) is 36.2 Å². The van der Waals surface area contributed by atoms with Gasteiger partial charge >= 0.3 is 6.03 Å². The van der Waals surface area contributed by atoms with Crippen LogP contribution < -0.4 is 15.4 Å². The average molecular weight is 484 g/mol. The van der Waals surface area contributed by atoms with Crippen LogP contribution in [0.5, 0.6) is 5.75 Å². The Morgan fingerprint density at radius 2 is 1.97 bits per heavy atom. The van der Waals surface area contributed by atoms with Gasteiger partial charge in [0.15, 0.2) is 9.84 Å². The van der Waals surface area contributed by atoms with Gasteiger partial charge in [-0.3, -0.25) is 0 Å². The largest absolute Gasteiger partial charge is 0.495 e. The number of urea groups is 1. The van der Waals surface area contributed by atoms with Crippen LogP contribution in [0.3, 0.4) is 0 Å². The van der Waals surface area contributed by atoms with Crippen LogP contribution in [-0.4, -0.2) is 39.5 Å². The molecule has 2 aromatic carbocycles. The van der Waals surface area contributed by atoms with E-state index in [9.17, 15) is 13.2 Å². The third-order valence-corrected chi connectivity index (χ3v) is 7.78. The quantitative estimate of drug-likeness (QED) is 0.507. The highest BCUT2D eigenvalue weighted by atomic mass is 32.2. The molecular weight excluding hydrogens is 450 g/mol. The Hall–Kier alpha value is -3.10. The smallest absolute Gasteiger partial charge is 0.322 e. The van der Waals surface area contributed by atoms with E-state index in [1.54, 1.807) is 24.1 Å². The van der Waals surface area contributed by atoms with Gasteiger partial charge in [0.2, 0.25) is 0 Å². The Bertz CT molecular complexity index is 1200. The number of methoxy groups -OCH3 is 1. The predicted octanol–water partition coefficient (Wildman–Crippen LogP) is 4.65. The number of carbonyl (C=O) groups is 1. The highest BCUT2D eigenvalue weighted by Gasteiger charge is 2.22. The molecule has 0 spiro atoms. The van der Waals surface area contributed by atoms with E-state index in [1.807, 2.05) is 38.1 Å². The molecule has 0 aromatic heterocycles. The summed E-state index contributed by atoms with van der Waals surface area (Å²) < 4.78 is 31.6. The van der Waals surface area contributed by atoms with Gasteiger partial charge in [0.25, 0.3) is 0 Å². The van der Waals surface area contributed by atoms with Gasteiger partial charge < -0.3 is 20.3 Å². The molecule has 34 heavy (non-hydrogen) atoms. The second kappa shape index (κ2) is 10.9. The number of allylic oxidation sites excluding steroid dienone is 1. The molecule has 7 nitrogen and oxygen atoms in total. The number of nitrogens with one attached hydrogen (secondary N) is 2. The van der Waals surface area contributed by atoms with Crippen molar-refractivity contribution in [3.05, 3.63) is 77.4 Å². The summed E-state index contributed by atoms with van der Waals surface area (Å²) in [5.74, 6) is 0.172. The first-order chi connectivity index (χ1) is 16.2. The molecule has 0 bridgehead atoms. The van der Waals surface area contributed by atoms with Crippen molar-refractivity contribution >= 4 is 21.6 Å².